The van der Waals surface area contributed by atoms with Gasteiger partial charge < -0.3 is 25.4 Å². The van der Waals surface area contributed by atoms with Gasteiger partial charge in [-0.3, -0.25) is 9.59 Å². The molecule has 0 saturated heterocycles. The largest absolute Gasteiger partial charge is 0.488 e. The van der Waals surface area contributed by atoms with Crippen LogP contribution in [0.4, 0.5) is 0 Å². The third kappa shape index (κ3) is 3.21. The molecule has 0 spiro atoms. The molecule has 0 aromatic heterocycles. The summed E-state index contributed by atoms with van der Waals surface area (Å²) in [4.78, 5) is 22.0. The minimum Gasteiger partial charge on any atom is -0.488 e. The molecule has 128 valence electrons. The third-order valence-electron chi connectivity index (χ3n) is 4.26. The van der Waals surface area contributed by atoms with E-state index in [-0.39, 0.29) is 6.10 Å². The van der Waals surface area contributed by atoms with Crippen molar-refractivity contribution in [2.45, 2.75) is 43.9 Å². The molecule has 0 radical (unpaired) electrons. The van der Waals surface area contributed by atoms with Crippen LogP contribution in [0.25, 0.3) is 5.57 Å². The van der Waals surface area contributed by atoms with Crippen LogP contribution in [-0.4, -0.2) is 40.4 Å². The highest BCUT2D eigenvalue weighted by Crippen LogP contribution is 2.43. The van der Waals surface area contributed by atoms with Crippen molar-refractivity contribution in [3.63, 3.8) is 0 Å². The topological polar surface area (TPSA) is 119 Å². The number of rotatable bonds is 6. The van der Waals surface area contributed by atoms with Crippen molar-refractivity contribution in [3.8, 4) is 11.5 Å². The second-order valence-electron chi connectivity index (χ2n) is 5.97. The van der Waals surface area contributed by atoms with Crippen LogP contribution in [0.1, 0.15) is 31.2 Å². The molecule has 1 aliphatic heterocycles. The van der Waals surface area contributed by atoms with Gasteiger partial charge in [0.15, 0.2) is 0 Å². The van der Waals surface area contributed by atoms with Gasteiger partial charge >= 0.3 is 11.9 Å². The van der Waals surface area contributed by atoms with Gasteiger partial charge in [-0.2, -0.15) is 0 Å². The number of carbonyl (C=O) groups is 2. The lowest BCUT2D eigenvalue weighted by Crippen LogP contribution is -2.46. The van der Waals surface area contributed by atoms with Crippen LogP contribution >= 0.6 is 0 Å². The first-order valence-corrected chi connectivity index (χ1v) is 7.83. The fourth-order valence-electron chi connectivity index (χ4n) is 3.07. The number of carboxylic acids is 2. The van der Waals surface area contributed by atoms with Crippen LogP contribution in [0.2, 0.25) is 0 Å². The van der Waals surface area contributed by atoms with E-state index in [1.807, 2.05) is 0 Å². The molecular weight excluding hydrogens is 314 g/mol. The highest BCUT2D eigenvalue weighted by molar-refractivity contribution is 5.79. The van der Waals surface area contributed by atoms with E-state index in [2.05, 4.69) is 6.08 Å². The number of fused-ring (bicyclic) bond motifs is 3. The van der Waals surface area contributed by atoms with Crippen molar-refractivity contribution in [2.75, 3.05) is 0 Å². The Labute approximate surface area is 138 Å². The molecule has 1 aromatic rings. The molecule has 4 N–H and O–H groups in total. The zero-order valence-electron chi connectivity index (χ0n) is 13.0. The zero-order chi connectivity index (χ0) is 17.3. The van der Waals surface area contributed by atoms with E-state index >= 15 is 0 Å². The molecule has 3 atom stereocenters. The number of allylic oxidation sites excluding steroid dienone is 1. The van der Waals surface area contributed by atoms with Crippen LogP contribution in [0.15, 0.2) is 24.3 Å². The lowest BCUT2D eigenvalue weighted by atomic mass is 9.93. The molecule has 7 nitrogen and oxygen atoms in total. The van der Waals surface area contributed by atoms with Crippen molar-refractivity contribution >= 4 is 17.5 Å². The smallest absolute Gasteiger partial charge is 0.324 e. The van der Waals surface area contributed by atoms with Gasteiger partial charge in [-0.15, -0.1) is 0 Å². The van der Waals surface area contributed by atoms with Gasteiger partial charge in [-0.25, -0.2) is 0 Å². The quantitative estimate of drug-likeness (QED) is 0.724. The summed E-state index contributed by atoms with van der Waals surface area (Å²) in [6, 6.07) is 3.73. The maximum Gasteiger partial charge on any atom is 0.324 e. The number of benzene rings is 1. The first-order chi connectivity index (χ1) is 11.5. The molecule has 3 rings (SSSR count). The average Bonchev–Trinajstić information content (AvgIpc) is 2.91. The summed E-state index contributed by atoms with van der Waals surface area (Å²) < 4.78 is 11.5. The van der Waals surface area contributed by atoms with Gasteiger partial charge in [0.2, 0.25) is 0 Å². The summed E-state index contributed by atoms with van der Waals surface area (Å²) >= 11 is 0. The fraction of sp³-hybridized carbons (Fsp3) is 0.412. The maximum atomic E-state index is 11.1. The van der Waals surface area contributed by atoms with Crippen molar-refractivity contribution in [1.82, 2.24) is 0 Å². The van der Waals surface area contributed by atoms with Gasteiger partial charge in [-0.1, -0.05) is 6.08 Å². The number of carboxylic acid groups (broad SMARTS) is 2. The highest BCUT2D eigenvalue weighted by Gasteiger charge is 2.32. The van der Waals surface area contributed by atoms with Gasteiger partial charge in [0.05, 0.1) is 6.42 Å². The van der Waals surface area contributed by atoms with E-state index in [0.29, 0.717) is 5.75 Å². The zero-order valence-corrected chi connectivity index (χ0v) is 13.0. The molecule has 24 heavy (non-hydrogen) atoms. The lowest BCUT2D eigenvalue weighted by Gasteiger charge is -2.21. The van der Waals surface area contributed by atoms with Crippen LogP contribution in [-0.2, 0) is 9.59 Å². The van der Waals surface area contributed by atoms with Crippen LogP contribution < -0.4 is 15.2 Å². The van der Waals surface area contributed by atoms with Crippen LogP contribution in [0.3, 0.4) is 0 Å². The number of hydrogen-bond donors (Lipinski definition) is 3. The van der Waals surface area contributed by atoms with E-state index in [1.54, 1.807) is 18.2 Å². The predicted molar refractivity (Wildman–Crippen MR) is 85.0 cm³/mol. The Balaban J connectivity index is 1.83. The minimum atomic E-state index is -1.42. The lowest BCUT2D eigenvalue weighted by molar-refractivity contribution is -0.143. The molecule has 0 fully saturated rings. The minimum absolute atomic E-state index is 0.0556. The fourth-order valence-corrected chi connectivity index (χ4v) is 3.07. The van der Waals surface area contributed by atoms with Gasteiger partial charge in [0, 0.05) is 5.56 Å². The van der Waals surface area contributed by atoms with Gasteiger partial charge in [0.25, 0.3) is 0 Å². The second-order valence-corrected chi connectivity index (χ2v) is 5.97. The Morgan fingerprint density at radius 3 is 2.88 bits per heavy atom. The summed E-state index contributed by atoms with van der Waals surface area (Å²) in [5.74, 6) is -1.33. The molecule has 1 heterocycles. The Hall–Kier alpha value is -2.54. The molecule has 1 aromatic carbocycles. The number of aliphatic carboxylic acids is 2. The number of hydrogen-bond acceptors (Lipinski definition) is 5. The molecule has 0 bridgehead atoms. The molecule has 2 unspecified atom stereocenters. The first kappa shape index (κ1) is 16.3. The normalized spacial score (nSPS) is 20.9. The SMILES string of the molecule is N[C@H](C(=O)O)C(CC(=O)O)Oc1ccc2c(c1)C1=CCCCC1O2. The van der Waals surface area contributed by atoms with Crippen molar-refractivity contribution in [1.29, 1.82) is 0 Å². The molecule has 0 saturated carbocycles. The summed E-state index contributed by atoms with van der Waals surface area (Å²) in [6.07, 6.45) is 3.58. The first-order valence-electron chi connectivity index (χ1n) is 7.83. The Bertz CT molecular complexity index is 698. The number of ether oxygens (including phenoxy) is 2. The van der Waals surface area contributed by atoms with Gasteiger partial charge in [-0.05, 0) is 43.0 Å². The molecule has 0 amide bonds. The summed E-state index contributed by atoms with van der Waals surface area (Å²) in [6.45, 7) is 0. The Morgan fingerprint density at radius 1 is 1.38 bits per heavy atom. The second kappa shape index (κ2) is 6.52. The maximum absolute atomic E-state index is 11.1. The molecule has 7 heteroatoms. The van der Waals surface area contributed by atoms with E-state index in [4.69, 9.17) is 25.4 Å². The van der Waals surface area contributed by atoms with E-state index < -0.39 is 30.5 Å². The highest BCUT2D eigenvalue weighted by atomic mass is 16.5. The van der Waals surface area contributed by atoms with Crippen molar-refractivity contribution in [2.24, 2.45) is 5.73 Å². The average molecular weight is 333 g/mol. The Kier molecular flexibility index (Phi) is 4.44. The predicted octanol–water partition coefficient (Wildman–Crippen LogP) is 1.65. The van der Waals surface area contributed by atoms with E-state index in [1.165, 1.54) is 0 Å². The monoisotopic (exact) mass is 333 g/mol. The standard InChI is InChI=1S/C17H19NO6/c18-16(17(21)22)14(8-15(19)20)23-9-5-6-13-11(7-9)10-3-1-2-4-12(10)24-13/h3,5-7,12,14,16H,1-2,4,8,18H2,(H,19,20)(H,21,22)/t12?,14?,16-/m0/s1. The number of nitrogens with two attached hydrogens (primary N) is 1. The van der Waals surface area contributed by atoms with Crippen molar-refractivity contribution < 1.29 is 29.3 Å². The molecule has 2 aliphatic rings. The Morgan fingerprint density at radius 2 is 2.17 bits per heavy atom. The summed E-state index contributed by atoms with van der Waals surface area (Å²) in [5, 5.41) is 18.0. The third-order valence-corrected chi connectivity index (χ3v) is 4.26. The van der Waals surface area contributed by atoms with E-state index in [0.717, 1.165) is 36.1 Å². The van der Waals surface area contributed by atoms with Crippen LogP contribution in [0, 0.1) is 0 Å². The van der Waals surface area contributed by atoms with Gasteiger partial charge in [0.1, 0.15) is 29.7 Å². The molecule has 1 aliphatic carbocycles. The van der Waals surface area contributed by atoms with E-state index in [9.17, 15) is 9.59 Å². The van der Waals surface area contributed by atoms with Crippen LogP contribution in [0.5, 0.6) is 11.5 Å². The molecular formula is C17H19NO6. The summed E-state index contributed by atoms with van der Waals surface area (Å²) in [5.41, 5.74) is 7.57. The van der Waals surface area contributed by atoms with Crippen molar-refractivity contribution in [3.05, 3.63) is 29.8 Å². The summed E-state index contributed by atoms with van der Waals surface area (Å²) in [7, 11) is 0.